The third-order valence-corrected chi connectivity index (χ3v) is 3.27. The van der Waals surface area contributed by atoms with Crippen molar-refractivity contribution in [3.63, 3.8) is 0 Å². The fraction of sp³-hybridized carbons (Fsp3) is 0.533. The zero-order valence-corrected chi connectivity index (χ0v) is 11.7. The highest BCUT2D eigenvalue weighted by molar-refractivity contribution is 5.78. The van der Waals surface area contributed by atoms with Gasteiger partial charge in [-0.15, -0.1) is 0 Å². The van der Waals surface area contributed by atoms with Crippen molar-refractivity contribution in [2.45, 2.75) is 13.0 Å². The number of carbonyl (C=O) groups is 1. The van der Waals surface area contributed by atoms with E-state index in [0.29, 0.717) is 6.42 Å². The minimum atomic E-state index is 0.122. The van der Waals surface area contributed by atoms with E-state index in [9.17, 15) is 4.79 Å². The van der Waals surface area contributed by atoms with Gasteiger partial charge >= 0.3 is 0 Å². The van der Waals surface area contributed by atoms with Gasteiger partial charge in [0, 0.05) is 33.7 Å². The van der Waals surface area contributed by atoms with E-state index in [-0.39, 0.29) is 5.91 Å². The van der Waals surface area contributed by atoms with Gasteiger partial charge in [0.05, 0.1) is 19.6 Å². The summed E-state index contributed by atoms with van der Waals surface area (Å²) in [6, 6.07) is 9.13. The lowest BCUT2D eigenvalue weighted by Gasteiger charge is -2.26. The van der Waals surface area contributed by atoms with E-state index in [1.165, 1.54) is 5.56 Å². The summed E-state index contributed by atoms with van der Waals surface area (Å²) >= 11 is 0. The molecule has 0 atom stereocenters. The zero-order valence-electron chi connectivity index (χ0n) is 11.7. The lowest BCUT2D eigenvalue weighted by molar-refractivity contribution is -0.127. The van der Waals surface area contributed by atoms with Crippen molar-refractivity contribution in [1.29, 1.82) is 0 Å². The van der Waals surface area contributed by atoms with Crippen LogP contribution in [-0.2, 0) is 22.5 Å². The standard InChI is InChI=1S/C15H21N2O2/c1-16(2)15(18)11-13-4-3-5-14(10-13)12-17-6-8-19-9-7-17/h4-5,10H,6-9,11-12H2,1-2H3. The van der Waals surface area contributed by atoms with E-state index in [1.807, 2.05) is 12.1 Å². The average Bonchev–Trinajstić information content (AvgIpc) is 2.40. The first kappa shape index (κ1) is 14.0. The van der Waals surface area contributed by atoms with Gasteiger partial charge in [-0.1, -0.05) is 12.1 Å². The molecular weight excluding hydrogens is 240 g/mol. The summed E-state index contributed by atoms with van der Waals surface area (Å²) in [6.45, 7) is 4.47. The summed E-state index contributed by atoms with van der Waals surface area (Å²) in [5.41, 5.74) is 2.25. The van der Waals surface area contributed by atoms with Gasteiger partial charge in [0.15, 0.2) is 0 Å². The fourth-order valence-corrected chi connectivity index (χ4v) is 2.12. The molecule has 0 aliphatic carbocycles. The number of nitrogens with zero attached hydrogens (tertiary/aromatic N) is 2. The van der Waals surface area contributed by atoms with Gasteiger partial charge in [0.25, 0.3) is 0 Å². The Morgan fingerprint density at radius 2 is 2.00 bits per heavy atom. The first-order valence-electron chi connectivity index (χ1n) is 6.64. The smallest absolute Gasteiger partial charge is 0.226 e. The van der Waals surface area contributed by atoms with E-state index in [4.69, 9.17) is 4.74 Å². The first-order valence-corrected chi connectivity index (χ1v) is 6.64. The molecule has 103 valence electrons. The third-order valence-electron chi connectivity index (χ3n) is 3.27. The summed E-state index contributed by atoms with van der Waals surface area (Å²) in [4.78, 5) is 15.7. The molecule has 0 spiro atoms. The monoisotopic (exact) mass is 261 g/mol. The van der Waals surface area contributed by atoms with Gasteiger partial charge in [-0.3, -0.25) is 9.69 Å². The van der Waals surface area contributed by atoms with Gasteiger partial charge < -0.3 is 9.64 Å². The van der Waals surface area contributed by atoms with Crippen molar-refractivity contribution in [2.24, 2.45) is 0 Å². The second-order valence-electron chi connectivity index (χ2n) is 5.10. The highest BCUT2D eigenvalue weighted by atomic mass is 16.5. The van der Waals surface area contributed by atoms with Gasteiger partial charge in [-0.2, -0.15) is 0 Å². The molecule has 1 saturated heterocycles. The van der Waals surface area contributed by atoms with Crippen LogP contribution in [0.4, 0.5) is 0 Å². The highest BCUT2D eigenvalue weighted by Crippen LogP contribution is 2.10. The zero-order chi connectivity index (χ0) is 13.7. The number of hydrogen-bond donors (Lipinski definition) is 0. The van der Waals surface area contributed by atoms with Crippen molar-refractivity contribution in [2.75, 3.05) is 40.4 Å². The van der Waals surface area contributed by atoms with Crippen molar-refractivity contribution < 1.29 is 9.53 Å². The van der Waals surface area contributed by atoms with E-state index < -0.39 is 0 Å². The summed E-state index contributed by atoms with van der Waals surface area (Å²) in [5.74, 6) is 0.122. The molecule has 0 saturated carbocycles. The topological polar surface area (TPSA) is 32.8 Å². The van der Waals surface area contributed by atoms with Crippen LogP contribution >= 0.6 is 0 Å². The minimum Gasteiger partial charge on any atom is -0.379 e. The molecule has 1 radical (unpaired) electrons. The molecule has 0 unspecified atom stereocenters. The average molecular weight is 261 g/mol. The van der Waals surface area contributed by atoms with Crippen LogP contribution in [0.2, 0.25) is 0 Å². The highest BCUT2D eigenvalue weighted by Gasteiger charge is 2.11. The molecule has 1 aromatic carbocycles. The number of ether oxygens (including phenoxy) is 1. The molecule has 1 aromatic rings. The molecule has 1 aliphatic heterocycles. The van der Waals surface area contributed by atoms with Crippen molar-refractivity contribution in [3.05, 3.63) is 35.4 Å². The molecule has 1 heterocycles. The maximum atomic E-state index is 11.7. The van der Waals surface area contributed by atoms with Crippen LogP contribution in [0.25, 0.3) is 0 Å². The molecule has 4 heteroatoms. The molecule has 1 amide bonds. The second-order valence-corrected chi connectivity index (χ2v) is 5.10. The predicted molar refractivity (Wildman–Crippen MR) is 73.8 cm³/mol. The van der Waals surface area contributed by atoms with Crippen LogP contribution < -0.4 is 0 Å². The molecule has 1 aliphatic rings. The number of likely N-dealkylation sites (N-methyl/N-ethyl adjacent to an activating group) is 1. The summed E-state index contributed by atoms with van der Waals surface area (Å²) in [5, 5.41) is 0. The Bertz CT molecular complexity index is 426. The van der Waals surface area contributed by atoms with Crippen molar-refractivity contribution in [1.82, 2.24) is 9.80 Å². The molecule has 0 aromatic heterocycles. The van der Waals surface area contributed by atoms with Crippen LogP contribution in [0.5, 0.6) is 0 Å². The third kappa shape index (κ3) is 4.33. The summed E-state index contributed by atoms with van der Waals surface area (Å²) in [7, 11) is 3.56. The number of morpholine rings is 1. The van der Waals surface area contributed by atoms with Crippen LogP contribution in [0, 0.1) is 6.07 Å². The van der Waals surface area contributed by atoms with Gasteiger partial charge in [0.1, 0.15) is 0 Å². The lowest BCUT2D eigenvalue weighted by Crippen LogP contribution is -2.35. The molecule has 0 bridgehead atoms. The maximum Gasteiger partial charge on any atom is 0.226 e. The number of hydrogen-bond acceptors (Lipinski definition) is 3. The number of benzene rings is 1. The van der Waals surface area contributed by atoms with Crippen LogP contribution in [0.1, 0.15) is 11.1 Å². The second kappa shape index (κ2) is 6.68. The summed E-state index contributed by atoms with van der Waals surface area (Å²) < 4.78 is 5.34. The molecule has 0 N–H and O–H groups in total. The Balaban J connectivity index is 1.96. The molecular formula is C15H21N2O2. The van der Waals surface area contributed by atoms with Crippen LogP contribution in [-0.4, -0.2) is 56.1 Å². The van der Waals surface area contributed by atoms with E-state index in [1.54, 1.807) is 19.0 Å². The largest absolute Gasteiger partial charge is 0.379 e. The lowest BCUT2D eigenvalue weighted by atomic mass is 10.1. The summed E-state index contributed by atoms with van der Waals surface area (Å²) in [6.07, 6.45) is 0.445. The Hall–Kier alpha value is -1.39. The number of amides is 1. The van der Waals surface area contributed by atoms with Crippen molar-refractivity contribution >= 4 is 5.91 Å². The SMILES string of the molecule is CN(C)C(=O)Cc1c[c]cc(CN2CCOCC2)c1. The van der Waals surface area contributed by atoms with Gasteiger partial charge in [0.2, 0.25) is 5.91 Å². The van der Waals surface area contributed by atoms with Crippen LogP contribution in [0.15, 0.2) is 18.2 Å². The molecule has 2 rings (SSSR count). The number of rotatable bonds is 4. The van der Waals surface area contributed by atoms with Gasteiger partial charge in [-0.25, -0.2) is 0 Å². The Kier molecular flexibility index (Phi) is 4.93. The molecule has 4 nitrogen and oxygen atoms in total. The minimum absolute atomic E-state index is 0.122. The Morgan fingerprint density at radius 3 is 2.68 bits per heavy atom. The van der Waals surface area contributed by atoms with Crippen LogP contribution in [0.3, 0.4) is 0 Å². The van der Waals surface area contributed by atoms with E-state index in [0.717, 1.165) is 38.4 Å². The van der Waals surface area contributed by atoms with E-state index in [2.05, 4.69) is 17.0 Å². The fourth-order valence-electron chi connectivity index (χ4n) is 2.12. The number of carbonyl (C=O) groups excluding carboxylic acids is 1. The normalized spacial score (nSPS) is 16.3. The molecule has 19 heavy (non-hydrogen) atoms. The van der Waals surface area contributed by atoms with Gasteiger partial charge in [-0.05, 0) is 23.3 Å². The maximum absolute atomic E-state index is 11.7. The molecule has 1 fully saturated rings. The first-order chi connectivity index (χ1) is 9.15. The predicted octanol–water partition coefficient (Wildman–Crippen LogP) is 0.950. The van der Waals surface area contributed by atoms with E-state index >= 15 is 0 Å². The Morgan fingerprint density at radius 1 is 1.32 bits per heavy atom. The Labute approximate surface area is 115 Å². The quantitative estimate of drug-likeness (QED) is 0.809. The van der Waals surface area contributed by atoms with Crippen molar-refractivity contribution in [3.8, 4) is 0 Å².